The van der Waals surface area contributed by atoms with Crippen LogP contribution >= 0.6 is 15.9 Å². The highest BCUT2D eigenvalue weighted by Gasteiger charge is 2.33. The fourth-order valence-electron chi connectivity index (χ4n) is 4.10. The van der Waals surface area contributed by atoms with Gasteiger partial charge in [0.1, 0.15) is 18.3 Å². The molecule has 0 aromatic heterocycles. The van der Waals surface area contributed by atoms with Crippen LogP contribution in [0.5, 0.6) is 5.75 Å². The molecule has 0 spiro atoms. The van der Waals surface area contributed by atoms with Crippen molar-refractivity contribution in [1.29, 1.82) is 0 Å². The third-order valence-corrected chi connectivity index (χ3v) is 8.63. The standard InChI is InChI=1S/C30H36BrN3O5S/c1-6-39-27-15-13-26(14-16-27)34(40(37,38)28-17-11-25(31)12-18-28)20-29(35)33(23(5)30(36)32-21(2)3)19-24-10-8-7-9-22(24)4/h7-18,21,23H,6,19-20H2,1-5H3,(H,32,36)/t23-/m0/s1. The van der Waals surface area contributed by atoms with Gasteiger partial charge >= 0.3 is 0 Å². The van der Waals surface area contributed by atoms with Gasteiger partial charge in [-0.1, -0.05) is 40.2 Å². The zero-order valence-corrected chi connectivity index (χ0v) is 25.8. The van der Waals surface area contributed by atoms with E-state index in [1.807, 2.05) is 52.0 Å². The van der Waals surface area contributed by atoms with E-state index in [-0.39, 0.29) is 23.4 Å². The number of rotatable bonds is 12. The van der Waals surface area contributed by atoms with Crippen molar-refractivity contribution in [2.75, 3.05) is 17.5 Å². The van der Waals surface area contributed by atoms with E-state index < -0.39 is 28.5 Å². The van der Waals surface area contributed by atoms with Gasteiger partial charge in [-0.2, -0.15) is 0 Å². The van der Waals surface area contributed by atoms with Gasteiger partial charge in [0.2, 0.25) is 11.8 Å². The summed E-state index contributed by atoms with van der Waals surface area (Å²) in [5, 5.41) is 2.86. The molecule has 0 unspecified atom stereocenters. The second-order valence-electron chi connectivity index (χ2n) is 9.68. The maximum absolute atomic E-state index is 14.0. The Morgan fingerprint density at radius 2 is 1.57 bits per heavy atom. The Bertz CT molecular complexity index is 1410. The van der Waals surface area contributed by atoms with Crippen molar-refractivity contribution < 1.29 is 22.7 Å². The van der Waals surface area contributed by atoms with E-state index in [0.29, 0.717) is 18.0 Å². The molecule has 214 valence electrons. The minimum atomic E-state index is -4.15. The molecular weight excluding hydrogens is 594 g/mol. The SMILES string of the molecule is CCOc1ccc(N(CC(=O)N(Cc2ccccc2C)[C@@H](C)C(=O)NC(C)C)S(=O)(=O)c2ccc(Br)cc2)cc1. The summed E-state index contributed by atoms with van der Waals surface area (Å²) in [4.78, 5) is 28.5. The lowest BCUT2D eigenvalue weighted by molar-refractivity contribution is -0.139. The third kappa shape index (κ3) is 7.85. The monoisotopic (exact) mass is 629 g/mol. The Balaban J connectivity index is 2.04. The van der Waals surface area contributed by atoms with E-state index in [0.717, 1.165) is 19.9 Å². The normalized spacial score (nSPS) is 12.1. The molecule has 3 aromatic rings. The van der Waals surface area contributed by atoms with Gasteiger partial charge in [-0.05, 0) is 94.3 Å². The van der Waals surface area contributed by atoms with E-state index in [1.54, 1.807) is 43.3 Å². The highest BCUT2D eigenvalue weighted by atomic mass is 79.9. The Hall–Kier alpha value is -3.37. The summed E-state index contributed by atoms with van der Waals surface area (Å²) in [6, 6.07) is 19.4. The number of anilines is 1. The van der Waals surface area contributed by atoms with Crippen molar-refractivity contribution in [3.8, 4) is 5.75 Å². The minimum absolute atomic E-state index is 0.0356. The Kier molecular flexibility index (Phi) is 10.8. The maximum Gasteiger partial charge on any atom is 0.264 e. The Labute approximate surface area is 245 Å². The van der Waals surface area contributed by atoms with Crippen molar-refractivity contribution >= 4 is 43.5 Å². The number of hydrogen-bond donors (Lipinski definition) is 1. The molecular formula is C30H36BrN3O5S. The second-order valence-corrected chi connectivity index (χ2v) is 12.5. The molecule has 2 amide bonds. The van der Waals surface area contributed by atoms with Crippen LogP contribution in [0.2, 0.25) is 0 Å². The molecule has 0 fully saturated rings. The predicted molar refractivity (Wildman–Crippen MR) is 161 cm³/mol. The van der Waals surface area contributed by atoms with Gasteiger partial charge in [0.25, 0.3) is 10.0 Å². The van der Waals surface area contributed by atoms with Crippen LogP contribution in [0, 0.1) is 6.92 Å². The average molecular weight is 631 g/mol. The first-order chi connectivity index (χ1) is 18.9. The van der Waals surface area contributed by atoms with Crippen LogP contribution in [-0.4, -0.2) is 50.4 Å². The van der Waals surface area contributed by atoms with Gasteiger partial charge in [-0.15, -0.1) is 0 Å². The second kappa shape index (κ2) is 13.8. The van der Waals surface area contributed by atoms with Gasteiger partial charge in [-0.3, -0.25) is 13.9 Å². The quantitative estimate of drug-likeness (QED) is 0.294. The predicted octanol–water partition coefficient (Wildman–Crippen LogP) is 5.29. The van der Waals surface area contributed by atoms with Crippen molar-refractivity contribution in [3.63, 3.8) is 0 Å². The van der Waals surface area contributed by atoms with Crippen LogP contribution in [0.1, 0.15) is 38.8 Å². The molecule has 0 saturated carbocycles. The Morgan fingerprint density at radius 1 is 0.950 bits per heavy atom. The number of amides is 2. The number of nitrogens with one attached hydrogen (secondary N) is 1. The number of nitrogens with zero attached hydrogens (tertiary/aromatic N) is 2. The van der Waals surface area contributed by atoms with Crippen molar-refractivity contribution in [2.45, 2.75) is 58.1 Å². The number of ether oxygens (including phenoxy) is 1. The number of carbonyl (C=O) groups is 2. The van der Waals surface area contributed by atoms with Crippen LogP contribution in [0.25, 0.3) is 0 Å². The summed E-state index contributed by atoms with van der Waals surface area (Å²) in [5.74, 6) is -0.247. The Morgan fingerprint density at radius 3 is 2.15 bits per heavy atom. The molecule has 1 atom stereocenters. The van der Waals surface area contributed by atoms with Crippen LogP contribution < -0.4 is 14.4 Å². The van der Waals surface area contributed by atoms with E-state index in [1.165, 1.54) is 17.0 Å². The molecule has 0 aliphatic heterocycles. The number of benzene rings is 3. The maximum atomic E-state index is 14.0. The molecule has 3 aromatic carbocycles. The first-order valence-corrected chi connectivity index (χ1v) is 15.3. The number of hydrogen-bond acceptors (Lipinski definition) is 5. The van der Waals surface area contributed by atoms with Gasteiger partial charge < -0.3 is 15.0 Å². The molecule has 0 aliphatic carbocycles. The number of halogens is 1. The van der Waals surface area contributed by atoms with Crippen LogP contribution in [-0.2, 0) is 26.2 Å². The van der Waals surface area contributed by atoms with Crippen LogP contribution in [0.4, 0.5) is 5.69 Å². The first-order valence-electron chi connectivity index (χ1n) is 13.1. The molecule has 0 saturated heterocycles. The molecule has 1 N–H and O–H groups in total. The molecule has 0 heterocycles. The van der Waals surface area contributed by atoms with Crippen molar-refractivity contribution in [2.24, 2.45) is 0 Å². The lowest BCUT2D eigenvalue weighted by Gasteiger charge is -2.32. The summed E-state index contributed by atoms with van der Waals surface area (Å²) >= 11 is 3.34. The zero-order valence-electron chi connectivity index (χ0n) is 23.4. The molecule has 40 heavy (non-hydrogen) atoms. The fourth-order valence-corrected chi connectivity index (χ4v) is 5.78. The number of sulfonamides is 1. The highest BCUT2D eigenvalue weighted by molar-refractivity contribution is 9.10. The van der Waals surface area contributed by atoms with Crippen molar-refractivity contribution in [1.82, 2.24) is 10.2 Å². The molecule has 8 nitrogen and oxygen atoms in total. The van der Waals surface area contributed by atoms with Gasteiger partial charge in [0.05, 0.1) is 17.2 Å². The number of carbonyl (C=O) groups excluding carboxylic acids is 2. The van der Waals surface area contributed by atoms with Gasteiger partial charge in [0.15, 0.2) is 0 Å². The molecule has 3 rings (SSSR count). The van der Waals surface area contributed by atoms with E-state index >= 15 is 0 Å². The lowest BCUT2D eigenvalue weighted by atomic mass is 10.1. The van der Waals surface area contributed by atoms with Crippen molar-refractivity contribution in [3.05, 3.63) is 88.4 Å². The van der Waals surface area contributed by atoms with Gasteiger partial charge in [-0.25, -0.2) is 8.42 Å². The van der Waals surface area contributed by atoms with Crippen LogP contribution in [0.3, 0.4) is 0 Å². The first kappa shape index (κ1) is 31.2. The van der Waals surface area contributed by atoms with E-state index in [4.69, 9.17) is 4.74 Å². The largest absolute Gasteiger partial charge is 0.494 e. The lowest BCUT2D eigenvalue weighted by Crippen LogP contribution is -2.52. The van der Waals surface area contributed by atoms with Crippen LogP contribution in [0.15, 0.2) is 82.2 Å². The summed E-state index contributed by atoms with van der Waals surface area (Å²) in [5.41, 5.74) is 2.13. The molecule has 0 bridgehead atoms. The summed E-state index contributed by atoms with van der Waals surface area (Å²) in [7, 11) is -4.15. The highest BCUT2D eigenvalue weighted by Crippen LogP contribution is 2.27. The third-order valence-electron chi connectivity index (χ3n) is 6.32. The molecule has 10 heteroatoms. The smallest absolute Gasteiger partial charge is 0.264 e. The van der Waals surface area contributed by atoms with E-state index in [9.17, 15) is 18.0 Å². The fraction of sp³-hybridized carbons (Fsp3) is 0.333. The summed E-state index contributed by atoms with van der Waals surface area (Å²) in [6.45, 7) is 9.23. The topological polar surface area (TPSA) is 96.0 Å². The van der Waals surface area contributed by atoms with Gasteiger partial charge in [0, 0.05) is 17.1 Å². The minimum Gasteiger partial charge on any atom is -0.494 e. The summed E-state index contributed by atoms with van der Waals surface area (Å²) in [6.07, 6.45) is 0. The zero-order chi connectivity index (χ0) is 29.4. The van der Waals surface area contributed by atoms with E-state index in [2.05, 4.69) is 21.2 Å². The molecule has 0 radical (unpaired) electrons. The molecule has 0 aliphatic rings. The summed E-state index contributed by atoms with van der Waals surface area (Å²) < 4.78 is 35.1. The number of aryl methyl sites for hydroxylation is 1. The average Bonchev–Trinajstić information content (AvgIpc) is 2.91.